The highest BCUT2D eigenvalue weighted by Crippen LogP contribution is 2.19. The number of unbranched alkanes of at least 4 members (excludes halogenated alkanes) is 1. The van der Waals surface area contributed by atoms with E-state index in [0.717, 1.165) is 6.42 Å². The second-order valence-electron chi connectivity index (χ2n) is 3.34. The molecule has 0 radical (unpaired) electrons. The summed E-state index contributed by atoms with van der Waals surface area (Å²) in [6.07, 6.45) is 5.50. The van der Waals surface area contributed by atoms with E-state index in [1.54, 1.807) is 0 Å². The molecule has 1 aromatic carbocycles. The molecule has 0 saturated heterocycles. The van der Waals surface area contributed by atoms with E-state index in [0.29, 0.717) is 0 Å². The van der Waals surface area contributed by atoms with Crippen LogP contribution in [0, 0.1) is 0 Å². The van der Waals surface area contributed by atoms with Crippen LogP contribution in [-0.4, -0.2) is 5.75 Å². The van der Waals surface area contributed by atoms with Gasteiger partial charge in [0.1, 0.15) is 0 Å². The molecular formula is C13H18S. The van der Waals surface area contributed by atoms with Crippen molar-refractivity contribution in [2.45, 2.75) is 31.1 Å². The predicted octanol–water partition coefficient (Wildman–Crippen LogP) is 4.31. The van der Waals surface area contributed by atoms with Crippen molar-refractivity contribution in [3.05, 3.63) is 42.5 Å². The topological polar surface area (TPSA) is 0 Å². The number of benzene rings is 1. The molecule has 0 unspecified atom stereocenters. The minimum absolute atomic E-state index is 0.972. The lowest BCUT2D eigenvalue weighted by molar-refractivity contribution is 0.896. The fraction of sp³-hybridized carbons (Fsp3) is 0.385. The minimum atomic E-state index is 0.972. The summed E-state index contributed by atoms with van der Waals surface area (Å²) < 4.78 is 0. The summed E-state index contributed by atoms with van der Waals surface area (Å²) in [6.45, 7) is 5.96. The van der Waals surface area contributed by atoms with Gasteiger partial charge in [-0.3, -0.25) is 0 Å². The maximum atomic E-state index is 3.73. The Kier molecular flexibility index (Phi) is 5.46. The van der Waals surface area contributed by atoms with Crippen LogP contribution in [0.1, 0.15) is 25.3 Å². The highest BCUT2D eigenvalue weighted by atomic mass is 32.2. The molecule has 0 atom stereocenters. The van der Waals surface area contributed by atoms with Gasteiger partial charge in [-0.1, -0.05) is 31.6 Å². The zero-order valence-corrected chi connectivity index (χ0v) is 9.65. The summed E-state index contributed by atoms with van der Waals surface area (Å²) in [4.78, 5) is 1.38. The Hall–Kier alpha value is -0.690. The first kappa shape index (κ1) is 11.4. The van der Waals surface area contributed by atoms with Crippen molar-refractivity contribution < 1.29 is 0 Å². The minimum Gasteiger partial charge on any atom is -0.126 e. The highest BCUT2D eigenvalue weighted by Gasteiger charge is 1.93. The lowest BCUT2D eigenvalue weighted by Gasteiger charge is -2.01. The van der Waals surface area contributed by atoms with Crippen LogP contribution in [0.3, 0.4) is 0 Å². The SMILES string of the molecule is C=CCc1ccc(SCCCC)cc1. The van der Waals surface area contributed by atoms with E-state index in [2.05, 4.69) is 37.8 Å². The molecule has 0 spiro atoms. The van der Waals surface area contributed by atoms with Gasteiger partial charge in [0.25, 0.3) is 0 Å². The molecule has 0 amide bonds. The van der Waals surface area contributed by atoms with Crippen molar-refractivity contribution in [1.82, 2.24) is 0 Å². The first-order valence-electron chi connectivity index (χ1n) is 5.19. The molecule has 0 aliphatic rings. The van der Waals surface area contributed by atoms with Gasteiger partial charge in [0.15, 0.2) is 0 Å². The summed E-state index contributed by atoms with van der Waals surface area (Å²) in [5.41, 5.74) is 1.35. The highest BCUT2D eigenvalue weighted by molar-refractivity contribution is 7.99. The molecule has 0 N–H and O–H groups in total. The first-order valence-corrected chi connectivity index (χ1v) is 6.18. The van der Waals surface area contributed by atoms with Crippen LogP contribution in [0.25, 0.3) is 0 Å². The van der Waals surface area contributed by atoms with Gasteiger partial charge in [0.05, 0.1) is 0 Å². The Morgan fingerprint density at radius 1 is 1.29 bits per heavy atom. The summed E-state index contributed by atoms with van der Waals surface area (Å²) in [6, 6.07) is 8.80. The fourth-order valence-electron chi connectivity index (χ4n) is 1.22. The molecular weight excluding hydrogens is 188 g/mol. The van der Waals surface area contributed by atoms with Crippen molar-refractivity contribution in [2.75, 3.05) is 5.75 Å². The maximum absolute atomic E-state index is 3.73. The van der Waals surface area contributed by atoms with Gasteiger partial charge in [-0.25, -0.2) is 0 Å². The number of rotatable bonds is 6. The van der Waals surface area contributed by atoms with Gasteiger partial charge in [-0.15, -0.1) is 18.3 Å². The number of hydrogen-bond donors (Lipinski definition) is 0. The van der Waals surface area contributed by atoms with Crippen LogP contribution in [0.15, 0.2) is 41.8 Å². The zero-order chi connectivity index (χ0) is 10.2. The quantitative estimate of drug-likeness (QED) is 0.380. The van der Waals surface area contributed by atoms with Crippen LogP contribution >= 0.6 is 11.8 Å². The largest absolute Gasteiger partial charge is 0.126 e. The Balaban J connectivity index is 2.42. The summed E-state index contributed by atoms with van der Waals surface area (Å²) >= 11 is 1.95. The fourth-order valence-corrected chi connectivity index (χ4v) is 2.22. The monoisotopic (exact) mass is 206 g/mol. The Morgan fingerprint density at radius 2 is 2.00 bits per heavy atom. The van der Waals surface area contributed by atoms with Crippen LogP contribution < -0.4 is 0 Å². The molecule has 1 heteroatoms. The summed E-state index contributed by atoms with van der Waals surface area (Å²) in [7, 11) is 0. The smallest absolute Gasteiger partial charge is 0.00721 e. The normalized spacial score (nSPS) is 10.1. The zero-order valence-electron chi connectivity index (χ0n) is 8.83. The molecule has 0 nitrogen and oxygen atoms in total. The molecule has 0 bridgehead atoms. The van der Waals surface area contributed by atoms with Crippen LogP contribution in [0.4, 0.5) is 0 Å². The molecule has 14 heavy (non-hydrogen) atoms. The van der Waals surface area contributed by atoms with Gasteiger partial charge in [-0.05, 0) is 36.3 Å². The van der Waals surface area contributed by atoms with Gasteiger partial charge < -0.3 is 0 Å². The number of allylic oxidation sites excluding steroid dienone is 1. The van der Waals surface area contributed by atoms with Crippen LogP contribution in [0.5, 0.6) is 0 Å². The van der Waals surface area contributed by atoms with Crippen molar-refractivity contribution in [2.24, 2.45) is 0 Å². The van der Waals surface area contributed by atoms with Gasteiger partial charge in [-0.2, -0.15) is 0 Å². The molecule has 0 heterocycles. The first-order chi connectivity index (χ1) is 6.86. The van der Waals surface area contributed by atoms with Crippen LogP contribution in [0.2, 0.25) is 0 Å². The van der Waals surface area contributed by atoms with Gasteiger partial charge in [0.2, 0.25) is 0 Å². The number of hydrogen-bond acceptors (Lipinski definition) is 1. The molecule has 0 fully saturated rings. The van der Waals surface area contributed by atoms with Gasteiger partial charge in [0, 0.05) is 4.90 Å². The Bertz CT molecular complexity index is 261. The molecule has 1 aromatic rings. The molecule has 0 aromatic heterocycles. The van der Waals surface area contributed by atoms with E-state index in [9.17, 15) is 0 Å². The van der Waals surface area contributed by atoms with Gasteiger partial charge >= 0.3 is 0 Å². The van der Waals surface area contributed by atoms with Crippen molar-refractivity contribution >= 4 is 11.8 Å². The lowest BCUT2D eigenvalue weighted by Crippen LogP contribution is -1.81. The Labute approximate surface area is 91.4 Å². The average molecular weight is 206 g/mol. The molecule has 1 rings (SSSR count). The molecule has 0 saturated carbocycles. The second kappa shape index (κ2) is 6.72. The third-order valence-electron chi connectivity index (χ3n) is 2.07. The average Bonchev–Trinajstić information content (AvgIpc) is 2.21. The lowest BCUT2D eigenvalue weighted by atomic mass is 10.2. The standard InChI is InChI=1S/C13H18S/c1-3-5-11-14-13-9-7-12(6-4-2)8-10-13/h4,7-10H,2-3,5-6,11H2,1H3. The molecule has 76 valence electrons. The third-order valence-corrected chi connectivity index (χ3v) is 3.17. The van der Waals surface area contributed by atoms with E-state index in [1.807, 2.05) is 17.8 Å². The molecule has 0 aliphatic carbocycles. The second-order valence-corrected chi connectivity index (χ2v) is 4.51. The summed E-state index contributed by atoms with van der Waals surface area (Å²) in [5, 5.41) is 0. The van der Waals surface area contributed by atoms with E-state index in [4.69, 9.17) is 0 Å². The van der Waals surface area contributed by atoms with E-state index in [-0.39, 0.29) is 0 Å². The van der Waals surface area contributed by atoms with Crippen molar-refractivity contribution in [3.8, 4) is 0 Å². The predicted molar refractivity (Wildman–Crippen MR) is 66.0 cm³/mol. The van der Waals surface area contributed by atoms with Crippen molar-refractivity contribution in [1.29, 1.82) is 0 Å². The molecule has 0 aliphatic heterocycles. The van der Waals surface area contributed by atoms with E-state index >= 15 is 0 Å². The maximum Gasteiger partial charge on any atom is 0.00721 e. The Morgan fingerprint density at radius 3 is 2.57 bits per heavy atom. The van der Waals surface area contributed by atoms with E-state index < -0.39 is 0 Å². The van der Waals surface area contributed by atoms with Crippen LogP contribution in [-0.2, 0) is 6.42 Å². The van der Waals surface area contributed by atoms with E-state index in [1.165, 1.54) is 29.1 Å². The summed E-state index contributed by atoms with van der Waals surface area (Å²) in [5.74, 6) is 1.23. The van der Waals surface area contributed by atoms with Crippen molar-refractivity contribution in [3.63, 3.8) is 0 Å². The third kappa shape index (κ3) is 4.01. The number of thioether (sulfide) groups is 1.